The topological polar surface area (TPSA) is 55.4 Å². The molecule has 0 unspecified atom stereocenters. The van der Waals surface area contributed by atoms with Gasteiger partial charge in [-0.1, -0.05) is 60.2 Å². The van der Waals surface area contributed by atoms with Crippen LogP contribution in [0, 0.1) is 6.92 Å². The highest BCUT2D eigenvalue weighted by molar-refractivity contribution is 6.00. The molecular weight excluding hydrogens is 374 g/mol. The first kappa shape index (κ1) is 19.9. The van der Waals surface area contributed by atoms with Gasteiger partial charge in [0.05, 0.1) is 13.0 Å². The average Bonchev–Trinajstić information content (AvgIpc) is 3.14. The number of rotatable bonds is 6. The van der Waals surface area contributed by atoms with Crippen molar-refractivity contribution in [1.29, 1.82) is 0 Å². The summed E-state index contributed by atoms with van der Waals surface area (Å²) in [5.74, 6) is 0.893. The lowest BCUT2D eigenvalue weighted by Gasteiger charge is -2.12. The summed E-state index contributed by atoms with van der Waals surface area (Å²) in [6, 6.07) is 21.7. The molecule has 1 heterocycles. The van der Waals surface area contributed by atoms with E-state index < -0.39 is 0 Å². The molecule has 3 aromatic rings. The molecule has 4 heteroatoms. The van der Waals surface area contributed by atoms with Crippen molar-refractivity contribution < 1.29 is 14.3 Å². The molecular formula is C26H25NO3. The van der Waals surface area contributed by atoms with Crippen molar-refractivity contribution in [2.24, 2.45) is 0 Å². The smallest absolute Gasteiger partial charge is 0.224 e. The zero-order chi connectivity index (χ0) is 21.1. The minimum atomic E-state index is -0.0836. The predicted octanol–water partition coefficient (Wildman–Crippen LogP) is 4.53. The molecule has 0 aromatic heterocycles. The molecule has 152 valence electrons. The van der Waals surface area contributed by atoms with Crippen LogP contribution >= 0.6 is 0 Å². The van der Waals surface area contributed by atoms with E-state index in [4.69, 9.17) is 4.74 Å². The Morgan fingerprint density at radius 2 is 1.87 bits per heavy atom. The summed E-state index contributed by atoms with van der Waals surface area (Å²) in [6.45, 7) is 4.08. The normalized spacial score (nSPS) is 14.7. The summed E-state index contributed by atoms with van der Waals surface area (Å²) in [6.07, 6.45) is 1.02. The zero-order valence-corrected chi connectivity index (χ0v) is 17.3. The average molecular weight is 399 g/mol. The van der Waals surface area contributed by atoms with Crippen LogP contribution in [0.25, 0.3) is 11.1 Å². The SMILES string of the molecule is CC(=O)c1ccccc1-c1ccc2c(c1)C[C@@H](CNC(=O)Cc1cccc(C)c1)O2. The number of benzene rings is 3. The summed E-state index contributed by atoms with van der Waals surface area (Å²) in [4.78, 5) is 24.3. The number of aryl methyl sites for hydroxylation is 1. The van der Waals surface area contributed by atoms with E-state index in [9.17, 15) is 9.59 Å². The molecule has 30 heavy (non-hydrogen) atoms. The third-order valence-electron chi connectivity index (χ3n) is 5.39. The first-order chi connectivity index (χ1) is 14.5. The third kappa shape index (κ3) is 4.43. The molecule has 0 bridgehead atoms. The van der Waals surface area contributed by atoms with Gasteiger partial charge in [-0.2, -0.15) is 0 Å². The second-order valence-electron chi connectivity index (χ2n) is 7.84. The zero-order valence-electron chi connectivity index (χ0n) is 17.3. The molecule has 0 saturated carbocycles. The Morgan fingerprint density at radius 1 is 1.03 bits per heavy atom. The van der Waals surface area contributed by atoms with E-state index >= 15 is 0 Å². The van der Waals surface area contributed by atoms with Gasteiger partial charge in [0.1, 0.15) is 11.9 Å². The van der Waals surface area contributed by atoms with Crippen LogP contribution in [0.3, 0.4) is 0 Å². The van der Waals surface area contributed by atoms with Gasteiger partial charge in [-0.05, 0) is 48.2 Å². The summed E-state index contributed by atoms with van der Waals surface area (Å²) in [5.41, 5.74) is 5.92. The summed E-state index contributed by atoms with van der Waals surface area (Å²) >= 11 is 0. The van der Waals surface area contributed by atoms with Gasteiger partial charge in [-0.3, -0.25) is 9.59 Å². The Balaban J connectivity index is 1.39. The number of carbonyl (C=O) groups is 2. The molecule has 1 amide bonds. The van der Waals surface area contributed by atoms with Crippen LogP contribution in [0.15, 0.2) is 66.7 Å². The second-order valence-corrected chi connectivity index (χ2v) is 7.84. The Bertz CT molecular complexity index is 1100. The Labute approximate surface area is 176 Å². The van der Waals surface area contributed by atoms with Crippen LogP contribution < -0.4 is 10.1 Å². The summed E-state index contributed by atoms with van der Waals surface area (Å²) < 4.78 is 6.01. The van der Waals surface area contributed by atoms with Gasteiger partial charge in [-0.25, -0.2) is 0 Å². The third-order valence-corrected chi connectivity index (χ3v) is 5.39. The molecule has 3 aromatic carbocycles. The highest BCUT2D eigenvalue weighted by Crippen LogP contribution is 2.34. The minimum absolute atomic E-state index is 0.00349. The highest BCUT2D eigenvalue weighted by Gasteiger charge is 2.24. The standard InChI is InChI=1S/C26H25NO3/c1-17-6-5-7-19(12-17)13-26(29)27-16-22-15-21-14-20(10-11-25(21)30-22)24-9-4-3-8-23(24)18(2)28/h3-12,14,22H,13,15-16H2,1-2H3,(H,27,29)/t22-/m0/s1. The lowest BCUT2D eigenvalue weighted by molar-refractivity contribution is -0.120. The van der Waals surface area contributed by atoms with Crippen LogP contribution in [0.1, 0.15) is 34.0 Å². The lowest BCUT2D eigenvalue weighted by Crippen LogP contribution is -2.35. The molecule has 0 fully saturated rings. The van der Waals surface area contributed by atoms with E-state index in [1.165, 1.54) is 0 Å². The van der Waals surface area contributed by atoms with Crippen molar-refractivity contribution in [2.75, 3.05) is 6.54 Å². The van der Waals surface area contributed by atoms with Gasteiger partial charge in [-0.15, -0.1) is 0 Å². The van der Waals surface area contributed by atoms with E-state index in [2.05, 4.69) is 11.4 Å². The van der Waals surface area contributed by atoms with Gasteiger partial charge in [0.15, 0.2) is 5.78 Å². The van der Waals surface area contributed by atoms with E-state index in [0.29, 0.717) is 13.0 Å². The van der Waals surface area contributed by atoms with Crippen molar-refractivity contribution in [3.8, 4) is 16.9 Å². The lowest BCUT2D eigenvalue weighted by atomic mass is 9.95. The highest BCUT2D eigenvalue weighted by atomic mass is 16.5. The number of Topliss-reactive ketones (excluding diaryl/α,β-unsaturated/α-hetero) is 1. The monoisotopic (exact) mass is 399 g/mol. The van der Waals surface area contributed by atoms with E-state index in [1.54, 1.807) is 6.92 Å². The van der Waals surface area contributed by atoms with Crippen molar-refractivity contribution in [2.45, 2.75) is 32.8 Å². The van der Waals surface area contributed by atoms with Crippen LogP contribution in [-0.4, -0.2) is 24.3 Å². The molecule has 4 nitrogen and oxygen atoms in total. The molecule has 0 spiro atoms. The van der Waals surface area contributed by atoms with Crippen LogP contribution in [0.4, 0.5) is 0 Å². The Kier molecular flexibility index (Phi) is 5.66. The van der Waals surface area contributed by atoms with Gasteiger partial charge < -0.3 is 10.1 Å². The maximum Gasteiger partial charge on any atom is 0.224 e. The van der Waals surface area contributed by atoms with E-state index in [0.717, 1.165) is 45.6 Å². The number of hydrogen-bond acceptors (Lipinski definition) is 3. The molecule has 4 rings (SSSR count). The maximum atomic E-state index is 12.3. The summed E-state index contributed by atoms with van der Waals surface area (Å²) in [5, 5.41) is 2.99. The molecule has 1 aliphatic rings. The second kappa shape index (κ2) is 8.54. The minimum Gasteiger partial charge on any atom is -0.488 e. The Hall–Kier alpha value is -3.40. The first-order valence-electron chi connectivity index (χ1n) is 10.2. The van der Waals surface area contributed by atoms with Gasteiger partial charge in [0.2, 0.25) is 5.91 Å². The molecule has 0 saturated heterocycles. The van der Waals surface area contributed by atoms with Crippen molar-refractivity contribution in [3.63, 3.8) is 0 Å². The maximum absolute atomic E-state index is 12.3. The molecule has 0 aliphatic carbocycles. The van der Waals surface area contributed by atoms with Crippen LogP contribution in [0.5, 0.6) is 5.75 Å². The number of amides is 1. The molecule has 0 radical (unpaired) electrons. The predicted molar refractivity (Wildman–Crippen MR) is 118 cm³/mol. The Morgan fingerprint density at radius 3 is 2.67 bits per heavy atom. The number of hydrogen-bond donors (Lipinski definition) is 1. The van der Waals surface area contributed by atoms with Gasteiger partial charge in [0.25, 0.3) is 0 Å². The van der Waals surface area contributed by atoms with Crippen LogP contribution in [0.2, 0.25) is 0 Å². The number of carbonyl (C=O) groups excluding carboxylic acids is 2. The quantitative estimate of drug-likeness (QED) is 0.620. The fraction of sp³-hybridized carbons (Fsp3) is 0.231. The van der Waals surface area contributed by atoms with Crippen molar-refractivity contribution >= 4 is 11.7 Å². The van der Waals surface area contributed by atoms with E-state index in [-0.39, 0.29) is 17.8 Å². The fourth-order valence-electron chi connectivity index (χ4n) is 3.94. The first-order valence-corrected chi connectivity index (χ1v) is 10.2. The molecule has 1 aliphatic heterocycles. The number of ketones is 1. The van der Waals surface area contributed by atoms with Crippen LogP contribution in [-0.2, 0) is 17.6 Å². The number of fused-ring (bicyclic) bond motifs is 1. The van der Waals surface area contributed by atoms with Gasteiger partial charge >= 0.3 is 0 Å². The largest absolute Gasteiger partial charge is 0.488 e. The molecule has 1 N–H and O–H groups in total. The fourth-order valence-corrected chi connectivity index (χ4v) is 3.94. The number of ether oxygens (including phenoxy) is 1. The molecule has 1 atom stereocenters. The number of nitrogens with one attached hydrogen (secondary N) is 1. The van der Waals surface area contributed by atoms with Crippen molar-refractivity contribution in [1.82, 2.24) is 5.32 Å². The van der Waals surface area contributed by atoms with Gasteiger partial charge in [0, 0.05) is 12.0 Å². The van der Waals surface area contributed by atoms with Crippen molar-refractivity contribution in [3.05, 3.63) is 89.0 Å². The summed E-state index contributed by atoms with van der Waals surface area (Å²) in [7, 11) is 0. The van der Waals surface area contributed by atoms with E-state index in [1.807, 2.05) is 67.6 Å².